The van der Waals surface area contributed by atoms with Crippen LogP contribution in [0.2, 0.25) is 0 Å². The van der Waals surface area contributed by atoms with E-state index < -0.39 is 0 Å². The molecular formula is C16H28N4O. The van der Waals surface area contributed by atoms with E-state index in [0.717, 1.165) is 19.1 Å². The minimum Gasteiger partial charge on any atom is -0.383 e. The molecule has 118 valence electrons. The number of piperazine rings is 1. The molecule has 1 aromatic heterocycles. The third-order valence-electron chi connectivity index (χ3n) is 4.97. The summed E-state index contributed by atoms with van der Waals surface area (Å²) in [7, 11) is 1.73. The Kier molecular flexibility index (Phi) is 4.50. The lowest BCUT2D eigenvalue weighted by Crippen LogP contribution is -2.58. The van der Waals surface area contributed by atoms with Crippen LogP contribution in [-0.4, -0.2) is 60.1 Å². The quantitative estimate of drug-likeness (QED) is 0.829. The molecule has 0 amide bonds. The number of ether oxygens (including phenoxy) is 1. The second kappa shape index (κ2) is 6.36. The molecule has 5 heteroatoms. The van der Waals surface area contributed by atoms with Crippen LogP contribution in [-0.2, 0) is 11.3 Å². The van der Waals surface area contributed by atoms with E-state index in [0.29, 0.717) is 18.6 Å². The van der Waals surface area contributed by atoms with Gasteiger partial charge in [0.25, 0.3) is 0 Å². The maximum atomic E-state index is 5.14. The molecule has 0 aliphatic carbocycles. The van der Waals surface area contributed by atoms with Gasteiger partial charge in [0.1, 0.15) is 0 Å². The topological polar surface area (TPSA) is 33.5 Å². The Morgan fingerprint density at radius 3 is 3.00 bits per heavy atom. The molecule has 2 saturated heterocycles. The first kappa shape index (κ1) is 14.9. The van der Waals surface area contributed by atoms with Crippen molar-refractivity contribution in [3.63, 3.8) is 0 Å². The molecule has 2 aliphatic heterocycles. The molecule has 0 aromatic carbocycles. The molecule has 0 bridgehead atoms. The Bertz CT molecular complexity index is 459. The first-order valence-electron chi connectivity index (χ1n) is 8.21. The van der Waals surface area contributed by atoms with E-state index in [2.05, 4.69) is 34.9 Å². The number of aromatic nitrogens is 2. The number of nitrogens with zero attached hydrogens (tertiary/aromatic N) is 4. The van der Waals surface area contributed by atoms with Crippen molar-refractivity contribution >= 4 is 5.69 Å². The van der Waals surface area contributed by atoms with Gasteiger partial charge in [-0.1, -0.05) is 13.8 Å². The van der Waals surface area contributed by atoms with Crippen LogP contribution < -0.4 is 4.90 Å². The van der Waals surface area contributed by atoms with Crippen LogP contribution in [0.25, 0.3) is 0 Å². The molecule has 2 atom stereocenters. The monoisotopic (exact) mass is 292 g/mol. The first-order valence-corrected chi connectivity index (χ1v) is 8.21. The summed E-state index contributed by atoms with van der Waals surface area (Å²) in [6.45, 7) is 9.85. The number of anilines is 1. The Hall–Kier alpha value is -1.07. The number of hydrogen-bond acceptors (Lipinski definition) is 4. The highest BCUT2D eigenvalue weighted by molar-refractivity contribution is 5.45. The van der Waals surface area contributed by atoms with Gasteiger partial charge < -0.3 is 9.64 Å². The minimum atomic E-state index is 0.597. The molecule has 0 N–H and O–H groups in total. The Morgan fingerprint density at radius 2 is 2.24 bits per heavy atom. The van der Waals surface area contributed by atoms with Gasteiger partial charge in [0.15, 0.2) is 0 Å². The van der Waals surface area contributed by atoms with E-state index >= 15 is 0 Å². The van der Waals surface area contributed by atoms with E-state index in [9.17, 15) is 0 Å². The molecule has 0 radical (unpaired) electrons. The zero-order valence-electron chi connectivity index (χ0n) is 13.5. The van der Waals surface area contributed by atoms with E-state index in [1.54, 1.807) is 7.11 Å². The van der Waals surface area contributed by atoms with Gasteiger partial charge in [0.05, 0.1) is 25.0 Å². The molecule has 21 heavy (non-hydrogen) atoms. The number of fused-ring (bicyclic) bond motifs is 1. The van der Waals surface area contributed by atoms with Crippen molar-refractivity contribution in [3.8, 4) is 0 Å². The second-order valence-corrected chi connectivity index (χ2v) is 6.71. The maximum absolute atomic E-state index is 5.14. The fourth-order valence-corrected chi connectivity index (χ4v) is 3.72. The average molecular weight is 292 g/mol. The lowest BCUT2D eigenvalue weighted by molar-refractivity contribution is 0.176. The van der Waals surface area contributed by atoms with Gasteiger partial charge in [-0.25, -0.2) is 0 Å². The Balaban J connectivity index is 1.75. The Labute approximate surface area is 127 Å². The van der Waals surface area contributed by atoms with Crippen LogP contribution in [0.15, 0.2) is 12.4 Å². The fourth-order valence-electron chi connectivity index (χ4n) is 3.72. The number of methoxy groups -OCH3 is 1. The zero-order chi connectivity index (χ0) is 14.8. The molecule has 2 unspecified atom stereocenters. The molecule has 3 heterocycles. The van der Waals surface area contributed by atoms with Gasteiger partial charge in [-0.15, -0.1) is 0 Å². The molecule has 0 saturated carbocycles. The fraction of sp³-hybridized carbons (Fsp3) is 0.812. The highest BCUT2D eigenvalue weighted by Gasteiger charge is 2.37. The van der Waals surface area contributed by atoms with Crippen molar-refractivity contribution in [1.82, 2.24) is 14.7 Å². The minimum absolute atomic E-state index is 0.597. The third kappa shape index (κ3) is 3.09. The summed E-state index contributed by atoms with van der Waals surface area (Å²) in [6, 6.07) is 1.33. The second-order valence-electron chi connectivity index (χ2n) is 6.71. The summed E-state index contributed by atoms with van der Waals surface area (Å²) >= 11 is 0. The summed E-state index contributed by atoms with van der Waals surface area (Å²) in [5.74, 6) is 0.661. The average Bonchev–Trinajstić information content (AvgIpc) is 3.12. The highest BCUT2D eigenvalue weighted by atomic mass is 16.5. The van der Waals surface area contributed by atoms with Crippen molar-refractivity contribution in [3.05, 3.63) is 12.4 Å². The standard InChI is InChI=1S/C16H28N4O/c1-13(2)16-12-18-6-4-5-14(18)11-20(16)15-9-17-19(10-15)7-8-21-3/h9-10,13-14,16H,4-8,11-12H2,1-3H3. The number of hydrogen-bond donors (Lipinski definition) is 0. The molecule has 3 rings (SSSR count). The molecule has 2 fully saturated rings. The van der Waals surface area contributed by atoms with E-state index in [1.807, 2.05) is 10.9 Å². The largest absolute Gasteiger partial charge is 0.383 e. The van der Waals surface area contributed by atoms with E-state index in [-0.39, 0.29) is 0 Å². The van der Waals surface area contributed by atoms with Crippen LogP contribution in [0.1, 0.15) is 26.7 Å². The van der Waals surface area contributed by atoms with Crippen molar-refractivity contribution in [1.29, 1.82) is 0 Å². The summed E-state index contributed by atoms with van der Waals surface area (Å²) in [5.41, 5.74) is 1.27. The van der Waals surface area contributed by atoms with E-state index in [4.69, 9.17) is 4.74 Å². The normalized spacial score (nSPS) is 26.6. The predicted octanol–water partition coefficient (Wildman–Crippen LogP) is 1.84. The lowest BCUT2D eigenvalue weighted by atomic mass is 9.97. The molecule has 1 aromatic rings. The van der Waals surface area contributed by atoms with Gasteiger partial charge in [-0.3, -0.25) is 9.58 Å². The molecule has 0 spiro atoms. The highest BCUT2D eigenvalue weighted by Crippen LogP contribution is 2.31. The van der Waals surface area contributed by atoms with Crippen molar-refractivity contribution in [2.45, 2.75) is 45.3 Å². The van der Waals surface area contributed by atoms with Crippen LogP contribution in [0.4, 0.5) is 5.69 Å². The smallest absolute Gasteiger partial charge is 0.0756 e. The van der Waals surface area contributed by atoms with Crippen molar-refractivity contribution in [2.75, 3.05) is 38.3 Å². The molecule has 5 nitrogen and oxygen atoms in total. The summed E-state index contributed by atoms with van der Waals surface area (Å²) < 4.78 is 7.13. The molecular weight excluding hydrogens is 264 g/mol. The van der Waals surface area contributed by atoms with Gasteiger partial charge >= 0.3 is 0 Å². The summed E-state index contributed by atoms with van der Waals surface area (Å²) in [4.78, 5) is 5.28. The summed E-state index contributed by atoms with van der Waals surface area (Å²) in [5, 5.41) is 4.49. The van der Waals surface area contributed by atoms with Crippen LogP contribution in [0, 0.1) is 5.92 Å². The maximum Gasteiger partial charge on any atom is 0.0756 e. The van der Waals surface area contributed by atoms with Gasteiger partial charge in [0, 0.05) is 38.5 Å². The van der Waals surface area contributed by atoms with E-state index in [1.165, 1.54) is 31.6 Å². The van der Waals surface area contributed by atoms with Gasteiger partial charge in [-0.2, -0.15) is 5.10 Å². The van der Waals surface area contributed by atoms with Crippen LogP contribution in [0.5, 0.6) is 0 Å². The molecule has 2 aliphatic rings. The summed E-state index contributed by atoms with van der Waals surface area (Å²) in [6.07, 6.45) is 6.91. The first-order chi connectivity index (χ1) is 10.2. The zero-order valence-corrected chi connectivity index (χ0v) is 13.5. The number of rotatable bonds is 5. The van der Waals surface area contributed by atoms with Crippen molar-refractivity contribution in [2.24, 2.45) is 5.92 Å². The van der Waals surface area contributed by atoms with Crippen molar-refractivity contribution < 1.29 is 4.74 Å². The SMILES string of the molecule is COCCn1cc(N2CC3CCCN3CC2C(C)C)cn1. The van der Waals surface area contributed by atoms with Crippen LogP contribution >= 0.6 is 0 Å². The predicted molar refractivity (Wildman–Crippen MR) is 84.7 cm³/mol. The van der Waals surface area contributed by atoms with Crippen LogP contribution in [0.3, 0.4) is 0 Å². The third-order valence-corrected chi connectivity index (χ3v) is 4.97. The lowest BCUT2D eigenvalue weighted by Gasteiger charge is -2.46. The van der Waals surface area contributed by atoms with Gasteiger partial charge in [-0.05, 0) is 25.3 Å². The van der Waals surface area contributed by atoms with Gasteiger partial charge in [0.2, 0.25) is 0 Å². The Morgan fingerprint density at radius 1 is 1.38 bits per heavy atom.